The van der Waals surface area contributed by atoms with E-state index < -0.39 is 11.6 Å². The van der Waals surface area contributed by atoms with Crippen LogP contribution in [0, 0.1) is 11.6 Å². The quantitative estimate of drug-likeness (QED) is 0.891. The van der Waals surface area contributed by atoms with Gasteiger partial charge in [-0.25, -0.2) is 13.5 Å². The molecule has 0 saturated carbocycles. The van der Waals surface area contributed by atoms with E-state index in [0.717, 1.165) is 6.07 Å². The van der Waals surface area contributed by atoms with E-state index >= 15 is 0 Å². The minimum atomic E-state index is -0.574. The third kappa shape index (κ3) is 3.31. The smallest absolute Gasteiger partial charge is 0.167 e. The lowest BCUT2D eigenvalue weighted by Crippen LogP contribution is -2.19. The SMILES string of the molecule is CNC(C)c1nnnn1CCc1cc(F)cc(F)c1. The lowest BCUT2D eigenvalue weighted by molar-refractivity contribution is 0.509. The van der Waals surface area contributed by atoms with Crippen LogP contribution in [0.3, 0.4) is 0 Å². The molecule has 5 nitrogen and oxygen atoms in total. The van der Waals surface area contributed by atoms with Gasteiger partial charge in [0.2, 0.25) is 0 Å². The maximum absolute atomic E-state index is 13.1. The third-order valence-corrected chi connectivity index (χ3v) is 2.91. The molecule has 0 spiro atoms. The Bertz CT molecular complexity index is 535. The van der Waals surface area contributed by atoms with Gasteiger partial charge < -0.3 is 5.32 Å². The highest BCUT2D eigenvalue weighted by atomic mass is 19.1. The van der Waals surface area contributed by atoms with Crippen LogP contribution in [0.4, 0.5) is 8.78 Å². The summed E-state index contributed by atoms with van der Waals surface area (Å²) in [4.78, 5) is 0. The van der Waals surface area contributed by atoms with Gasteiger partial charge in [0.05, 0.1) is 6.04 Å². The van der Waals surface area contributed by atoms with Crippen LogP contribution in [-0.2, 0) is 13.0 Å². The maximum atomic E-state index is 13.1. The van der Waals surface area contributed by atoms with Gasteiger partial charge in [-0.2, -0.15) is 0 Å². The van der Waals surface area contributed by atoms with Gasteiger partial charge in [-0.1, -0.05) is 0 Å². The second-order valence-corrected chi connectivity index (χ2v) is 4.30. The molecular weight excluding hydrogens is 252 g/mol. The zero-order valence-corrected chi connectivity index (χ0v) is 10.8. The molecule has 1 atom stereocenters. The van der Waals surface area contributed by atoms with Crippen LogP contribution in [0.5, 0.6) is 0 Å². The first kappa shape index (κ1) is 13.5. The number of halogens is 2. The molecule has 1 unspecified atom stereocenters. The predicted octanol–water partition coefficient (Wildman–Crippen LogP) is 1.47. The van der Waals surface area contributed by atoms with E-state index in [9.17, 15) is 8.78 Å². The summed E-state index contributed by atoms with van der Waals surface area (Å²) < 4.78 is 27.7. The number of hydrogen-bond donors (Lipinski definition) is 1. The summed E-state index contributed by atoms with van der Waals surface area (Å²) in [5.41, 5.74) is 0.580. The lowest BCUT2D eigenvalue weighted by Gasteiger charge is -2.10. The van der Waals surface area contributed by atoms with E-state index in [4.69, 9.17) is 0 Å². The lowest BCUT2D eigenvalue weighted by atomic mass is 10.1. The van der Waals surface area contributed by atoms with Gasteiger partial charge in [-0.3, -0.25) is 0 Å². The molecular formula is C12H15F2N5. The fourth-order valence-corrected chi connectivity index (χ4v) is 1.80. The van der Waals surface area contributed by atoms with E-state index in [-0.39, 0.29) is 6.04 Å². The Balaban J connectivity index is 2.08. The highest BCUT2D eigenvalue weighted by Gasteiger charge is 2.12. The number of aromatic nitrogens is 4. The molecule has 1 N–H and O–H groups in total. The zero-order valence-electron chi connectivity index (χ0n) is 10.8. The monoisotopic (exact) mass is 267 g/mol. The second-order valence-electron chi connectivity index (χ2n) is 4.30. The third-order valence-electron chi connectivity index (χ3n) is 2.91. The molecule has 0 bridgehead atoms. The van der Waals surface area contributed by atoms with Crippen molar-refractivity contribution in [1.82, 2.24) is 25.5 Å². The Hall–Kier alpha value is -1.89. The minimum absolute atomic E-state index is 0.0132. The van der Waals surface area contributed by atoms with Crippen molar-refractivity contribution in [3.63, 3.8) is 0 Å². The number of nitrogens with one attached hydrogen (secondary N) is 1. The van der Waals surface area contributed by atoms with Crippen molar-refractivity contribution in [2.75, 3.05) is 7.05 Å². The van der Waals surface area contributed by atoms with Crippen LogP contribution in [0.25, 0.3) is 0 Å². The van der Waals surface area contributed by atoms with E-state index in [1.165, 1.54) is 12.1 Å². The van der Waals surface area contributed by atoms with Crippen molar-refractivity contribution in [1.29, 1.82) is 0 Å². The number of tetrazole rings is 1. The Morgan fingerprint density at radius 1 is 1.26 bits per heavy atom. The molecule has 0 aliphatic carbocycles. The summed E-state index contributed by atoms with van der Waals surface area (Å²) in [5.74, 6) is -0.453. The molecule has 2 aromatic rings. The number of benzene rings is 1. The first-order valence-electron chi connectivity index (χ1n) is 5.98. The van der Waals surface area contributed by atoms with Gasteiger partial charge in [-0.15, -0.1) is 5.10 Å². The average Bonchev–Trinajstić information content (AvgIpc) is 2.82. The molecule has 0 fully saturated rings. The van der Waals surface area contributed by atoms with Crippen molar-refractivity contribution >= 4 is 0 Å². The molecule has 0 saturated heterocycles. The zero-order chi connectivity index (χ0) is 13.8. The first-order chi connectivity index (χ1) is 9.10. The van der Waals surface area contributed by atoms with E-state index in [0.29, 0.717) is 24.4 Å². The van der Waals surface area contributed by atoms with Crippen molar-refractivity contribution in [3.05, 3.63) is 41.2 Å². The number of aryl methyl sites for hydroxylation is 2. The molecule has 0 aliphatic heterocycles. The van der Waals surface area contributed by atoms with Gasteiger partial charge in [0, 0.05) is 12.6 Å². The molecule has 2 rings (SSSR count). The van der Waals surface area contributed by atoms with E-state index in [1.807, 2.05) is 14.0 Å². The highest BCUT2D eigenvalue weighted by molar-refractivity contribution is 5.17. The van der Waals surface area contributed by atoms with Crippen LogP contribution in [0.2, 0.25) is 0 Å². The van der Waals surface area contributed by atoms with Crippen molar-refractivity contribution in [2.45, 2.75) is 25.9 Å². The van der Waals surface area contributed by atoms with Gasteiger partial charge in [0.15, 0.2) is 5.82 Å². The van der Waals surface area contributed by atoms with Crippen molar-refractivity contribution in [2.24, 2.45) is 0 Å². The average molecular weight is 267 g/mol. The standard InChI is InChI=1S/C12H15F2N5/c1-8(15-2)12-16-17-18-19(12)4-3-9-5-10(13)7-11(14)6-9/h5-8,15H,3-4H2,1-2H3. The minimum Gasteiger partial charge on any atom is -0.311 e. The fraction of sp³-hybridized carbons (Fsp3) is 0.417. The number of nitrogens with zero attached hydrogens (tertiary/aromatic N) is 4. The Morgan fingerprint density at radius 3 is 2.58 bits per heavy atom. The van der Waals surface area contributed by atoms with Crippen molar-refractivity contribution < 1.29 is 8.78 Å². The summed E-state index contributed by atoms with van der Waals surface area (Å²) in [6.45, 7) is 2.40. The Kier molecular flexibility index (Phi) is 4.16. The van der Waals surface area contributed by atoms with Crippen LogP contribution in [-0.4, -0.2) is 27.3 Å². The normalized spacial score (nSPS) is 12.6. The van der Waals surface area contributed by atoms with E-state index in [2.05, 4.69) is 20.8 Å². The first-order valence-corrected chi connectivity index (χ1v) is 5.98. The number of hydrogen-bond acceptors (Lipinski definition) is 4. The molecule has 1 aromatic carbocycles. The maximum Gasteiger partial charge on any atom is 0.167 e. The highest BCUT2D eigenvalue weighted by Crippen LogP contribution is 2.11. The van der Waals surface area contributed by atoms with Gasteiger partial charge in [0.25, 0.3) is 0 Å². The summed E-state index contributed by atoms with van der Waals surface area (Å²) in [6, 6.07) is 3.50. The summed E-state index contributed by atoms with van der Waals surface area (Å²) in [7, 11) is 1.81. The molecule has 0 aliphatic rings. The van der Waals surface area contributed by atoms with Crippen LogP contribution in [0.1, 0.15) is 24.4 Å². The number of rotatable bonds is 5. The van der Waals surface area contributed by atoms with Crippen LogP contribution < -0.4 is 5.32 Å². The van der Waals surface area contributed by atoms with Crippen LogP contribution >= 0.6 is 0 Å². The largest absolute Gasteiger partial charge is 0.311 e. The molecule has 0 radical (unpaired) electrons. The molecule has 1 heterocycles. The molecule has 102 valence electrons. The Morgan fingerprint density at radius 2 is 1.95 bits per heavy atom. The van der Waals surface area contributed by atoms with Gasteiger partial charge in [0.1, 0.15) is 11.6 Å². The second kappa shape index (κ2) is 5.83. The topological polar surface area (TPSA) is 55.6 Å². The molecule has 0 amide bonds. The van der Waals surface area contributed by atoms with Gasteiger partial charge >= 0.3 is 0 Å². The Labute approximate surface area is 109 Å². The summed E-state index contributed by atoms with van der Waals surface area (Å²) in [6.07, 6.45) is 0.461. The fourth-order valence-electron chi connectivity index (χ4n) is 1.80. The van der Waals surface area contributed by atoms with Gasteiger partial charge in [-0.05, 0) is 48.5 Å². The summed E-state index contributed by atoms with van der Waals surface area (Å²) >= 11 is 0. The summed E-state index contributed by atoms with van der Waals surface area (Å²) in [5, 5.41) is 14.5. The van der Waals surface area contributed by atoms with Crippen molar-refractivity contribution in [3.8, 4) is 0 Å². The van der Waals surface area contributed by atoms with Crippen LogP contribution in [0.15, 0.2) is 18.2 Å². The molecule has 19 heavy (non-hydrogen) atoms. The predicted molar refractivity (Wildman–Crippen MR) is 65.4 cm³/mol. The molecule has 7 heteroatoms. The molecule has 1 aromatic heterocycles. The van der Waals surface area contributed by atoms with E-state index in [1.54, 1.807) is 4.68 Å².